The Kier molecular flexibility index (Phi) is 2.12. The summed E-state index contributed by atoms with van der Waals surface area (Å²) >= 11 is 1.85. The first kappa shape index (κ1) is 7.90. The highest BCUT2D eigenvalue weighted by molar-refractivity contribution is 8.01. The van der Waals surface area contributed by atoms with Crippen LogP contribution in [0.25, 0.3) is 0 Å². The molecular weight excluding hydrogens is 160 g/mol. The summed E-state index contributed by atoms with van der Waals surface area (Å²) in [6.45, 7) is 4.02. The van der Waals surface area contributed by atoms with Crippen LogP contribution in [0.1, 0.15) is 26.2 Å². The van der Waals surface area contributed by atoms with E-state index in [2.05, 4.69) is 6.92 Å². The summed E-state index contributed by atoms with van der Waals surface area (Å²) in [6, 6.07) is 0. The molecule has 0 aromatic heterocycles. The Morgan fingerprint density at radius 3 is 2.73 bits per heavy atom. The molecule has 2 unspecified atom stereocenters. The van der Waals surface area contributed by atoms with E-state index in [1.807, 2.05) is 11.8 Å². The molecule has 0 bridgehead atoms. The van der Waals surface area contributed by atoms with E-state index in [1.165, 1.54) is 19.3 Å². The predicted molar refractivity (Wildman–Crippen MR) is 45.5 cm³/mol. The van der Waals surface area contributed by atoms with E-state index in [1.54, 1.807) is 0 Å². The Labute approximate surface area is 71.6 Å². The van der Waals surface area contributed by atoms with Crippen molar-refractivity contribution in [3.63, 3.8) is 0 Å². The van der Waals surface area contributed by atoms with Gasteiger partial charge in [0.1, 0.15) is 10.4 Å². The quantitative estimate of drug-likeness (QED) is 0.638. The summed E-state index contributed by atoms with van der Waals surface area (Å²) in [5.41, 5.74) is 0.403. The molecule has 2 atom stereocenters. The second-order valence-electron chi connectivity index (χ2n) is 3.29. The zero-order valence-corrected chi connectivity index (χ0v) is 7.65. The van der Waals surface area contributed by atoms with Crippen molar-refractivity contribution in [1.29, 1.82) is 0 Å². The van der Waals surface area contributed by atoms with Crippen LogP contribution in [0.4, 0.5) is 0 Å². The van der Waals surface area contributed by atoms with Crippen LogP contribution in [0, 0.1) is 0 Å². The van der Waals surface area contributed by atoms with Gasteiger partial charge in [0, 0.05) is 13.0 Å². The van der Waals surface area contributed by atoms with Gasteiger partial charge in [-0.3, -0.25) is 0 Å². The van der Waals surface area contributed by atoms with Crippen molar-refractivity contribution < 1.29 is 9.47 Å². The molecule has 0 aromatic rings. The van der Waals surface area contributed by atoms with Gasteiger partial charge in [-0.2, -0.15) is 0 Å². The minimum atomic E-state index is 0.0784. The molecule has 2 aliphatic rings. The topological polar surface area (TPSA) is 18.5 Å². The van der Waals surface area contributed by atoms with Gasteiger partial charge < -0.3 is 9.47 Å². The number of rotatable bonds is 2. The molecule has 0 radical (unpaired) electrons. The van der Waals surface area contributed by atoms with Crippen LogP contribution < -0.4 is 0 Å². The zero-order chi connectivity index (χ0) is 7.73. The molecule has 0 aromatic carbocycles. The Hall–Kier alpha value is 0.270. The molecule has 0 spiro atoms. The third-order valence-corrected chi connectivity index (χ3v) is 3.69. The first-order valence-corrected chi connectivity index (χ1v) is 5.10. The minimum Gasteiger partial charge on any atom is -0.367 e. The van der Waals surface area contributed by atoms with Gasteiger partial charge in [-0.15, -0.1) is 0 Å². The molecule has 0 saturated carbocycles. The molecule has 64 valence electrons. The van der Waals surface area contributed by atoms with Gasteiger partial charge in [0.2, 0.25) is 0 Å². The Balaban J connectivity index is 1.79. The van der Waals surface area contributed by atoms with Gasteiger partial charge in [0.15, 0.2) is 0 Å². The third kappa shape index (κ3) is 1.71. The number of thioether (sulfide) groups is 1. The second-order valence-corrected chi connectivity index (χ2v) is 4.92. The molecule has 2 rings (SSSR count). The van der Waals surface area contributed by atoms with Crippen LogP contribution in [0.3, 0.4) is 0 Å². The lowest BCUT2D eigenvalue weighted by Crippen LogP contribution is -2.38. The van der Waals surface area contributed by atoms with Gasteiger partial charge in [-0.1, -0.05) is 11.8 Å². The summed E-state index contributed by atoms with van der Waals surface area (Å²) < 4.78 is 11.0. The predicted octanol–water partition coefficient (Wildman–Crippen LogP) is 1.99. The maximum Gasteiger partial charge on any atom is 0.115 e. The van der Waals surface area contributed by atoms with Gasteiger partial charge >= 0.3 is 0 Å². The SMILES string of the molecule is CC1(SC2CCCO2)CCO1. The van der Waals surface area contributed by atoms with Gasteiger partial charge in [0.25, 0.3) is 0 Å². The first-order chi connectivity index (χ1) is 5.29. The van der Waals surface area contributed by atoms with E-state index >= 15 is 0 Å². The van der Waals surface area contributed by atoms with Crippen molar-refractivity contribution in [1.82, 2.24) is 0 Å². The van der Waals surface area contributed by atoms with Crippen LogP contribution in [0.15, 0.2) is 0 Å². The molecule has 2 aliphatic heterocycles. The van der Waals surface area contributed by atoms with Crippen molar-refractivity contribution in [3.05, 3.63) is 0 Å². The number of hydrogen-bond acceptors (Lipinski definition) is 3. The summed E-state index contributed by atoms with van der Waals surface area (Å²) in [4.78, 5) is 0.0784. The molecule has 2 heterocycles. The normalized spacial score (nSPS) is 43.9. The van der Waals surface area contributed by atoms with Crippen LogP contribution >= 0.6 is 11.8 Å². The smallest absolute Gasteiger partial charge is 0.115 e. The molecule has 2 saturated heterocycles. The fourth-order valence-corrected chi connectivity index (χ4v) is 2.76. The lowest BCUT2D eigenvalue weighted by molar-refractivity contribution is -0.0672. The zero-order valence-electron chi connectivity index (χ0n) is 6.84. The van der Waals surface area contributed by atoms with Crippen molar-refractivity contribution in [2.75, 3.05) is 13.2 Å². The number of hydrogen-bond donors (Lipinski definition) is 0. The molecule has 11 heavy (non-hydrogen) atoms. The highest BCUT2D eigenvalue weighted by Crippen LogP contribution is 2.42. The monoisotopic (exact) mass is 174 g/mol. The van der Waals surface area contributed by atoms with Gasteiger partial charge in [-0.05, 0) is 19.8 Å². The summed E-state index contributed by atoms with van der Waals surface area (Å²) in [5, 5.41) is 0. The Bertz CT molecular complexity index is 139. The minimum absolute atomic E-state index is 0.0784. The lowest BCUT2D eigenvalue weighted by Gasteiger charge is -2.39. The largest absolute Gasteiger partial charge is 0.367 e. The van der Waals surface area contributed by atoms with E-state index in [0.717, 1.165) is 13.2 Å². The molecule has 2 nitrogen and oxygen atoms in total. The average molecular weight is 174 g/mol. The second kappa shape index (κ2) is 2.96. The summed E-state index contributed by atoms with van der Waals surface area (Å²) in [7, 11) is 0. The van der Waals surface area contributed by atoms with Crippen LogP contribution in [0.2, 0.25) is 0 Å². The maximum atomic E-state index is 5.51. The molecule has 0 aliphatic carbocycles. The molecule has 2 fully saturated rings. The fraction of sp³-hybridized carbons (Fsp3) is 1.00. The van der Waals surface area contributed by atoms with Crippen molar-refractivity contribution >= 4 is 11.8 Å². The van der Waals surface area contributed by atoms with Crippen LogP contribution in [-0.4, -0.2) is 23.6 Å². The van der Waals surface area contributed by atoms with Crippen LogP contribution in [-0.2, 0) is 9.47 Å². The Morgan fingerprint density at radius 2 is 2.27 bits per heavy atom. The van der Waals surface area contributed by atoms with E-state index in [0.29, 0.717) is 5.44 Å². The van der Waals surface area contributed by atoms with E-state index in [4.69, 9.17) is 9.47 Å². The van der Waals surface area contributed by atoms with Gasteiger partial charge in [0.05, 0.1) is 6.61 Å². The molecule has 0 amide bonds. The van der Waals surface area contributed by atoms with Crippen LogP contribution in [0.5, 0.6) is 0 Å². The average Bonchev–Trinajstić information content (AvgIpc) is 2.36. The van der Waals surface area contributed by atoms with Crippen molar-refractivity contribution in [2.45, 2.75) is 36.6 Å². The molecular formula is C8H14O2S. The summed E-state index contributed by atoms with van der Waals surface area (Å²) in [5.74, 6) is 0. The molecule has 0 N–H and O–H groups in total. The van der Waals surface area contributed by atoms with E-state index in [-0.39, 0.29) is 4.93 Å². The highest BCUT2D eigenvalue weighted by atomic mass is 32.2. The van der Waals surface area contributed by atoms with E-state index < -0.39 is 0 Å². The third-order valence-electron chi connectivity index (χ3n) is 2.23. The number of ether oxygens (including phenoxy) is 2. The standard InChI is InChI=1S/C8H14O2S/c1-8(4-6-10-8)11-7-3-2-5-9-7/h7H,2-6H2,1H3. The Morgan fingerprint density at radius 1 is 1.45 bits per heavy atom. The van der Waals surface area contributed by atoms with E-state index in [9.17, 15) is 0 Å². The fourth-order valence-electron chi connectivity index (χ4n) is 1.40. The van der Waals surface area contributed by atoms with Crippen molar-refractivity contribution in [3.8, 4) is 0 Å². The van der Waals surface area contributed by atoms with Crippen molar-refractivity contribution in [2.24, 2.45) is 0 Å². The first-order valence-electron chi connectivity index (χ1n) is 4.22. The summed E-state index contributed by atoms with van der Waals surface area (Å²) in [6.07, 6.45) is 3.59. The van der Waals surface area contributed by atoms with Gasteiger partial charge in [-0.25, -0.2) is 0 Å². The molecule has 3 heteroatoms. The lowest BCUT2D eigenvalue weighted by atomic mass is 10.2. The highest BCUT2D eigenvalue weighted by Gasteiger charge is 2.37. The maximum absolute atomic E-state index is 5.51.